The molecule has 2 aromatic rings. The molecule has 3 rings (SSSR count). The van der Waals surface area contributed by atoms with Gasteiger partial charge in [0.25, 0.3) is 0 Å². The van der Waals surface area contributed by atoms with Crippen molar-refractivity contribution in [3.63, 3.8) is 0 Å². The molecule has 1 aliphatic rings. The first kappa shape index (κ1) is 16.6. The summed E-state index contributed by atoms with van der Waals surface area (Å²) < 4.78 is 26.8. The van der Waals surface area contributed by atoms with Crippen LogP contribution in [0.25, 0.3) is 0 Å². The standard InChI is InChI=1S/C17H18BrNO3S/c1-11-2-8-14(9-3-11)23(21,22)16-15(17(16,19)10-20)12-4-6-13(18)7-5-12/h2-9,15-16,20H,10,19H2,1H3. The third-order valence-electron chi connectivity index (χ3n) is 4.49. The van der Waals surface area contributed by atoms with Crippen LogP contribution in [-0.4, -0.2) is 30.9 Å². The van der Waals surface area contributed by atoms with E-state index in [9.17, 15) is 13.5 Å². The van der Waals surface area contributed by atoms with Gasteiger partial charge in [-0.3, -0.25) is 0 Å². The smallest absolute Gasteiger partial charge is 0.183 e. The molecule has 0 saturated heterocycles. The predicted octanol–water partition coefficient (Wildman–Crippen LogP) is 2.39. The van der Waals surface area contributed by atoms with Gasteiger partial charge in [0, 0.05) is 10.4 Å². The Morgan fingerprint density at radius 2 is 1.70 bits per heavy atom. The number of aliphatic hydroxyl groups is 1. The zero-order valence-electron chi connectivity index (χ0n) is 12.6. The zero-order chi connectivity index (χ0) is 16.8. The molecule has 3 N–H and O–H groups in total. The van der Waals surface area contributed by atoms with Gasteiger partial charge in [-0.15, -0.1) is 0 Å². The third kappa shape index (κ3) is 2.74. The van der Waals surface area contributed by atoms with Gasteiger partial charge in [-0.2, -0.15) is 0 Å². The average molecular weight is 396 g/mol. The van der Waals surface area contributed by atoms with E-state index in [1.165, 1.54) is 0 Å². The van der Waals surface area contributed by atoms with E-state index in [1.807, 2.05) is 31.2 Å². The van der Waals surface area contributed by atoms with Gasteiger partial charge >= 0.3 is 0 Å². The Bertz CT molecular complexity index is 818. The first-order valence-electron chi connectivity index (χ1n) is 7.26. The number of sulfone groups is 1. The van der Waals surface area contributed by atoms with E-state index in [2.05, 4.69) is 15.9 Å². The van der Waals surface area contributed by atoms with Crippen molar-refractivity contribution >= 4 is 25.8 Å². The number of aryl methyl sites for hydroxylation is 1. The average Bonchev–Trinajstić information content (AvgIpc) is 3.16. The summed E-state index contributed by atoms with van der Waals surface area (Å²) in [6.45, 7) is 1.53. The third-order valence-corrected chi connectivity index (χ3v) is 7.33. The minimum atomic E-state index is -3.61. The van der Waals surface area contributed by atoms with Crippen molar-refractivity contribution in [2.24, 2.45) is 5.73 Å². The maximum absolute atomic E-state index is 12.9. The van der Waals surface area contributed by atoms with Crippen LogP contribution in [-0.2, 0) is 9.84 Å². The fourth-order valence-electron chi connectivity index (χ4n) is 3.11. The summed E-state index contributed by atoms with van der Waals surface area (Å²) in [5.41, 5.74) is 6.89. The van der Waals surface area contributed by atoms with Crippen LogP contribution in [0.1, 0.15) is 17.0 Å². The molecular weight excluding hydrogens is 378 g/mol. The van der Waals surface area contributed by atoms with Crippen LogP contribution in [0.3, 0.4) is 0 Å². The summed E-state index contributed by atoms with van der Waals surface area (Å²) in [5.74, 6) is -0.410. The molecule has 3 atom stereocenters. The first-order chi connectivity index (χ1) is 10.8. The highest BCUT2D eigenvalue weighted by atomic mass is 79.9. The summed E-state index contributed by atoms with van der Waals surface area (Å²) in [4.78, 5) is 0.246. The van der Waals surface area contributed by atoms with Crippen molar-refractivity contribution in [1.29, 1.82) is 0 Å². The van der Waals surface area contributed by atoms with Crippen molar-refractivity contribution in [3.8, 4) is 0 Å². The highest BCUT2D eigenvalue weighted by molar-refractivity contribution is 9.10. The van der Waals surface area contributed by atoms with E-state index in [1.54, 1.807) is 24.3 Å². The number of aliphatic hydroxyl groups excluding tert-OH is 1. The molecule has 0 aliphatic heterocycles. The largest absolute Gasteiger partial charge is 0.394 e. The second kappa shape index (κ2) is 5.70. The van der Waals surface area contributed by atoms with Crippen LogP contribution in [0.15, 0.2) is 57.9 Å². The fraction of sp³-hybridized carbons (Fsp3) is 0.294. The van der Waals surface area contributed by atoms with Gasteiger partial charge in [-0.1, -0.05) is 45.8 Å². The molecule has 23 heavy (non-hydrogen) atoms. The Kier molecular flexibility index (Phi) is 4.13. The van der Waals surface area contributed by atoms with Crippen LogP contribution < -0.4 is 5.73 Å². The van der Waals surface area contributed by atoms with E-state index in [-0.39, 0.29) is 11.5 Å². The highest BCUT2D eigenvalue weighted by Crippen LogP contribution is 2.55. The Labute approximate surface area is 144 Å². The van der Waals surface area contributed by atoms with Crippen molar-refractivity contribution < 1.29 is 13.5 Å². The van der Waals surface area contributed by atoms with E-state index in [0.29, 0.717) is 0 Å². The van der Waals surface area contributed by atoms with E-state index >= 15 is 0 Å². The zero-order valence-corrected chi connectivity index (χ0v) is 15.0. The lowest BCUT2D eigenvalue weighted by Gasteiger charge is -2.08. The van der Waals surface area contributed by atoms with Gasteiger partial charge in [-0.25, -0.2) is 8.42 Å². The van der Waals surface area contributed by atoms with Crippen LogP contribution in [0.2, 0.25) is 0 Å². The Morgan fingerprint density at radius 3 is 2.22 bits per heavy atom. The number of rotatable bonds is 4. The Hall–Kier alpha value is -1.21. The van der Waals surface area contributed by atoms with Crippen molar-refractivity contribution in [2.45, 2.75) is 28.5 Å². The van der Waals surface area contributed by atoms with Gasteiger partial charge in [0.15, 0.2) is 9.84 Å². The highest BCUT2D eigenvalue weighted by Gasteiger charge is 2.69. The van der Waals surface area contributed by atoms with Gasteiger partial charge in [0.05, 0.1) is 22.3 Å². The second-order valence-corrected chi connectivity index (χ2v) is 9.06. The van der Waals surface area contributed by atoms with Crippen molar-refractivity contribution in [1.82, 2.24) is 0 Å². The van der Waals surface area contributed by atoms with E-state index in [0.717, 1.165) is 15.6 Å². The molecule has 0 heterocycles. The molecular formula is C17H18BrNO3S. The summed E-state index contributed by atoms with van der Waals surface area (Å²) in [7, 11) is -3.61. The summed E-state index contributed by atoms with van der Waals surface area (Å²) >= 11 is 3.36. The number of hydrogen-bond donors (Lipinski definition) is 2. The quantitative estimate of drug-likeness (QED) is 0.832. The van der Waals surface area contributed by atoms with Crippen LogP contribution in [0.4, 0.5) is 0 Å². The van der Waals surface area contributed by atoms with Gasteiger partial charge in [-0.05, 0) is 36.8 Å². The maximum Gasteiger partial charge on any atom is 0.183 e. The van der Waals surface area contributed by atoms with Crippen molar-refractivity contribution in [2.75, 3.05) is 6.61 Å². The molecule has 1 saturated carbocycles. The molecule has 3 unspecified atom stereocenters. The maximum atomic E-state index is 12.9. The monoisotopic (exact) mass is 395 g/mol. The molecule has 4 nitrogen and oxygen atoms in total. The molecule has 1 aliphatic carbocycles. The normalized spacial score (nSPS) is 27.0. The predicted molar refractivity (Wildman–Crippen MR) is 93.0 cm³/mol. The molecule has 6 heteroatoms. The first-order valence-corrected chi connectivity index (χ1v) is 9.60. The molecule has 0 amide bonds. The van der Waals surface area contributed by atoms with Gasteiger partial charge in [0.1, 0.15) is 0 Å². The molecule has 0 bridgehead atoms. The van der Waals surface area contributed by atoms with Crippen molar-refractivity contribution in [3.05, 3.63) is 64.1 Å². The molecule has 0 spiro atoms. The number of halogens is 1. The summed E-state index contributed by atoms with van der Waals surface area (Å²) in [5, 5.41) is 8.86. The minimum absolute atomic E-state index is 0.246. The van der Waals surface area contributed by atoms with Gasteiger partial charge in [0.2, 0.25) is 0 Å². The minimum Gasteiger partial charge on any atom is -0.394 e. The Balaban J connectivity index is 2.01. The van der Waals surface area contributed by atoms with E-state index < -0.39 is 26.5 Å². The van der Waals surface area contributed by atoms with Gasteiger partial charge < -0.3 is 10.8 Å². The number of nitrogens with two attached hydrogens (primary N) is 1. The lowest BCUT2D eigenvalue weighted by atomic mass is 10.1. The molecule has 0 aromatic heterocycles. The Morgan fingerprint density at radius 1 is 1.13 bits per heavy atom. The summed E-state index contributed by atoms with van der Waals surface area (Å²) in [6.07, 6.45) is 0. The fourth-order valence-corrected chi connectivity index (χ4v) is 5.67. The van der Waals surface area contributed by atoms with Crippen LogP contribution in [0.5, 0.6) is 0 Å². The number of benzene rings is 2. The lowest BCUT2D eigenvalue weighted by Crippen LogP contribution is -2.35. The van der Waals surface area contributed by atoms with E-state index in [4.69, 9.17) is 5.73 Å². The topological polar surface area (TPSA) is 80.4 Å². The lowest BCUT2D eigenvalue weighted by molar-refractivity contribution is 0.253. The SMILES string of the molecule is Cc1ccc(S(=O)(=O)C2C(c3ccc(Br)cc3)C2(N)CO)cc1. The second-order valence-electron chi connectivity index (χ2n) is 6.08. The van der Waals surface area contributed by atoms with Crippen LogP contribution in [0, 0.1) is 6.92 Å². The number of hydrogen-bond acceptors (Lipinski definition) is 4. The van der Waals surface area contributed by atoms with Crippen LogP contribution >= 0.6 is 15.9 Å². The molecule has 0 radical (unpaired) electrons. The molecule has 1 fully saturated rings. The molecule has 2 aromatic carbocycles. The summed E-state index contributed by atoms with van der Waals surface area (Å²) in [6, 6.07) is 14.1. The molecule has 122 valence electrons.